The van der Waals surface area contributed by atoms with Gasteiger partial charge in [-0.25, -0.2) is 0 Å². The van der Waals surface area contributed by atoms with Gasteiger partial charge in [0.1, 0.15) is 6.54 Å². The lowest BCUT2D eigenvalue weighted by Crippen LogP contribution is -2.50. The van der Waals surface area contributed by atoms with E-state index in [1.807, 2.05) is 0 Å². The third-order valence-corrected chi connectivity index (χ3v) is 5.02. The number of halogens is 3. The maximum absolute atomic E-state index is 12.4. The number of carbonyl (C=O) groups excluding carboxylic acids is 1. The van der Waals surface area contributed by atoms with E-state index in [4.69, 9.17) is 5.11 Å². The van der Waals surface area contributed by atoms with Crippen LogP contribution in [0, 0.1) is 24.7 Å². The van der Waals surface area contributed by atoms with Gasteiger partial charge in [-0.15, -0.1) is 0 Å². The van der Waals surface area contributed by atoms with Crippen LogP contribution in [0.3, 0.4) is 0 Å². The number of rotatable bonds is 4. The molecule has 24 heavy (non-hydrogen) atoms. The SMILES string of the molecule is Cc1nn(CC(F)(F)F)cc1C(=O)NC1CC2CC(C(=O)O)CC21. The number of hydrogen-bond donors (Lipinski definition) is 2. The summed E-state index contributed by atoms with van der Waals surface area (Å²) in [5, 5.41) is 15.6. The van der Waals surface area contributed by atoms with Crippen molar-refractivity contribution in [3.05, 3.63) is 17.5 Å². The highest BCUT2D eigenvalue weighted by Gasteiger charge is 2.50. The number of hydrogen-bond acceptors (Lipinski definition) is 3. The molecule has 0 spiro atoms. The number of nitrogens with zero attached hydrogens (tertiary/aromatic N) is 2. The number of aryl methyl sites for hydroxylation is 1. The molecule has 2 fully saturated rings. The van der Waals surface area contributed by atoms with Gasteiger partial charge in [0.15, 0.2) is 0 Å². The first-order chi connectivity index (χ1) is 11.1. The minimum absolute atomic E-state index is 0.114. The number of amides is 1. The number of carboxylic acids is 1. The highest BCUT2D eigenvalue weighted by atomic mass is 19.4. The van der Waals surface area contributed by atoms with Crippen LogP contribution >= 0.6 is 0 Å². The van der Waals surface area contributed by atoms with E-state index >= 15 is 0 Å². The lowest BCUT2D eigenvalue weighted by molar-refractivity contribution is -0.143. The quantitative estimate of drug-likeness (QED) is 0.874. The van der Waals surface area contributed by atoms with E-state index in [1.54, 1.807) is 0 Å². The highest BCUT2D eigenvalue weighted by Crippen LogP contribution is 2.49. The van der Waals surface area contributed by atoms with E-state index in [0.717, 1.165) is 12.6 Å². The van der Waals surface area contributed by atoms with E-state index < -0.39 is 24.6 Å². The van der Waals surface area contributed by atoms with Crippen molar-refractivity contribution in [1.29, 1.82) is 0 Å². The number of nitrogens with one attached hydrogen (secondary N) is 1. The van der Waals surface area contributed by atoms with Crippen molar-refractivity contribution in [2.75, 3.05) is 0 Å². The maximum Gasteiger partial charge on any atom is 0.408 e. The van der Waals surface area contributed by atoms with Gasteiger partial charge in [-0.2, -0.15) is 18.3 Å². The van der Waals surface area contributed by atoms with Crippen molar-refractivity contribution in [2.45, 2.75) is 44.9 Å². The molecule has 0 bridgehead atoms. The number of aliphatic carboxylic acids is 1. The van der Waals surface area contributed by atoms with Gasteiger partial charge in [0.2, 0.25) is 0 Å². The molecule has 3 rings (SSSR count). The standard InChI is InChI=1S/C15H18F3N3O3/c1-7-11(5-21(20-7)6-15(16,17)18)13(22)19-12-4-8-2-9(14(23)24)3-10(8)12/h5,8-10,12H,2-4,6H2,1H3,(H,19,22)(H,23,24). The molecule has 2 aliphatic rings. The molecule has 132 valence electrons. The maximum atomic E-state index is 12.4. The van der Waals surface area contributed by atoms with Crippen LogP contribution < -0.4 is 5.32 Å². The van der Waals surface area contributed by atoms with Gasteiger partial charge in [0.25, 0.3) is 5.91 Å². The van der Waals surface area contributed by atoms with Crippen LogP contribution in [0.15, 0.2) is 6.20 Å². The molecule has 4 unspecified atom stereocenters. The van der Waals surface area contributed by atoms with Crippen LogP contribution in [0.1, 0.15) is 35.3 Å². The molecular weight excluding hydrogens is 327 g/mol. The van der Waals surface area contributed by atoms with Crippen LogP contribution in [0.2, 0.25) is 0 Å². The molecular formula is C15H18F3N3O3. The summed E-state index contributed by atoms with van der Waals surface area (Å²) in [5.74, 6) is -1.17. The fraction of sp³-hybridized carbons (Fsp3) is 0.667. The predicted molar refractivity (Wildman–Crippen MR) is 76.2 cm³/mol. The Morgan fingerprint density at radius 3 is 2.71 bits per heavy atom. The van der Waals surface area contributed by atoms with Gasteiger partial charge in [-0.1, -0.05) is 0 Å². The van der Waals surface area contributed by atoms with Crippen LogP contribution in [-0.2, 0) is 11.3 Å². The first kappa shape index (κ1) is 16.8. The second kappa shape index (κ2) is 5.78. The number of aromatic nitrogens is 2. The average molecular weight is 345 g/mol. The average Bonchev–Trinajstić information content (AvgIpc) is 2.95. The van der Waals surface area contributed by atoms with Crippen LogP contribution in [0.4, 0.5) is 13.2 Å². The summed E-state index contributed by atoms with van der Waals surface area (Å²) >= 11 is 0. The molecule has 0 aromatic carbocycles. The van der Waals surface area contributed by atoms with Crippen LogP contribution in [-0.4, -0.2) is 39.0 Å². The molecule has 9 heteroatoms. The summed E-state index contributed by atoms with van der Waals surface area (Å²) in [6.07, 6.45) is -1.41. The summed E-state index contributed by atoms with van der Waals surface area (Å²) in [6, 6.07) is -0.114. The zero-order valence-corrected chi connectivity index (χ0v) is 13.0. The molecule has 1 amide bonds. The second-order valence-electron chi connectivity index (χ2n) is 6.69. The molecule has 2 N–H and O–H groups in total. The van der Waals surface area contributed by atoms with Crippen molar-refractivity contribution in [3.8, 4) is 0 Å². The third kappa shape index (κ3) is 3.25. The van der Waals surface area contributed by atoms with E-state index in [2.05, 4.69) is 10.4 Å². The Bertz CT molecular complexity index is 671. The smallest absolute Gasteiger partial charge is 0.408 e. The van der Waals surface area contributed by atoms with Gasteiger partial charge >= 0.3 is 12.1 Å². The molecule has 1 aromatic rings. The topological polar surface area (TPSA) is 84.2 Å². The molecule has 6 nitrogen and oxygen atoms in total. The van der Waals surface area contributed by atoms with Gasteiger partial charge in [-0.05, 0) is 38.0 Å². The van der Waals surface area contributed by atoms with Crippen molar-refractivity contribution in [1.82, 2.24) is 15.1 Å². The zero-order chi connectivity index (χ0) is 17.6. The largest absolute Gasteiger partial charge is 0.481 e. The Kier molecular flexibility index (Phi) is 4.05. The first-order valence-electron chi connectivity index (χ1n) is 7.78. The minimum Gasteiger partial charge on any atom is -0.481 e. The lowest BCUT2D eigenvalue weighted by atomic mass is 9.71. The molecule has 4 atom stereocenters. The number of fused-ring (bicyclic) bond motifs is 1. The second-order valence-corrected chi connectivity index (χ2v) is 6.69. The predicted octanol–water partition coefficient (Wildman–Crippen LogP) is 1.98. The fourth-order valence-electron chi connectivity index (χ4n) is 3.85. The van der Waals surface area contributed by atoms with Crippen molar-refractivity contribution in [3.63, 3.8) is 0 Å². The molecule has 0 saturated heterocycles. The van der Waals surface area contributed by atoms with Gasteiger partial charge in [0, 0.05) is 12.2 Å². The third-order valence-electron chi connectivity index (χ3n) is 5.02. The summed E-state index contributed by atoms with van der Waals surface area (Å²) in [7, 11) is 0. The van der Waals surface area contributed by atoms with Crippen molar-refractivity contribution >= 4 is 11.9 Å². The molecule has 2 aliphatic carbocycles. The van der Waals surface area contributed by atoms with Gasteiger partial charge in [0.05, 0.1) is 17.2 Å². The zero-order valence-electron chi connectivity index (χ0n) is 13.0. The van der Waals surface area contributed by atoms with Gasteiger partial charge < -0.3 is 10.4 Å². The van der Waals surface area contributed by atoms with Crippen LogP contribution in [0.5, 0.6) is 0 Å². The first-order valence-corrected chi connectivity index (χ1v) is 7.78. The van der Waals surface area contributed by atoms with Crippen molar-refractivity contribution in [2.24, 2.45) is 17.8 Å². The Morgan fingerprint density at radius 1 is 1.38 bits per heavy atom. The van der Waals surface area contributed by atoms with E-state index in [1.165, 1.54) is 6.92 Å². The minimum atomic E-state index is -4.40. The van der Waals surface area contributed by atoms with E-state index in [9.17, 15) is 22.8 Å². The Labute approximate surface area is 136 Å². The van der Waals surface area contributed by atoms with Crippen molar-refractivity contribution < 1.29 is 27.9 Å². The summed E-state index contributed by atoms with van der Waals surface area (Å²) in [5.41, 5.74) is 0.359. The van der Waals surface area contributed by atoms with E-state index in [-0.39, 0.29) is 29.1 Å². The monoisotopic (exact) mass is 345 g/mol. The number of carbonyl (C=O) groups is 2. The normalized spacial score (nSPS) is 29.0. The summed E-state index contributed by atoms with van der Waals surface area (Å²) in [6.45, 7) is 0.247. The molecule has 0 aliphatic heterocycles. The highest BCUT2D eigenvalue weighted by molar-refractivity contribution is 5.95. The van der Waals surface area contributed by atoms with E-state index in [0.29, 0.717) is 23.4 Å². The molecule has 1 aromatic heterocycles. The van der Waals surface area contributed by atoms with Gasteiger partial charge in [-0.3, -0.25) is 14.3 Å². The fourth-order valence-corrected chi connectivity index (χ4v) is 3.85. The lowest BCUT2D eigenvalue weighted by Gasteiger charge is -2.40. The summed E-state index contributed by atoms with van der Waals surface area (Å²) in [4.78, 5) is 23.3. The molecule has 2 saturated carbocycles. The Hall–Kier alpha value is -2.06. The molecule has 0 radical (unpaired) electrons. The Balaban J connectivity index is 1.61. The summed E-state index contributed by atoms with van der Waals surface area (Å²) < 4.78 is 37.9. The number of carboxylic acid groups (broad SMARTS) is 1. The molecule has 1 heterocycles. The Morgan fingerprint density at radius 2 is 2.08 bits per heavy atom. The number of alkyl halides is 3. The van der Waals surface area contributed by atoms with Crippen LogP contribution in [0.25, 0.3) is 0 Å².